The summed E-state index contributed by atoms with van der Waals surface area (Å²) in [4.78, 5) is 17.6. The Bertz CT molecular complexity index is 3350. The minimum absolute atomic E-state index is 0. The fourth-order valence-corrected chi connectivity index (χ4v) is 12.4. The summed E-state index contributed by atoms with van der Waals surface area (Å²) in [7, 11) is -8.46. The van der Waals surface area contributed by atoms with Gasteiger partial charge in [0.2, 0.25) is 11.6 Å². The molecular formula is C59H67N3NaO9S2+. The van der Waals surface area contributed by atoms with Crippen LogP contribution in [0.1, 0.15) is 121 Å². The molecule has 384 valence electrons. The minimum Gasteiger partial charge on any atom is -0.748 e. The summed E-state index contributed by atoms with van der Waals surface area (Å²) in [5.74, 6) is -1.61. The number of nitrogens with zero attached hydrogens (tertiary/aromatic N) is 3. The summed E-state index contributed by atoms with van der Waals surface area (Å²) in [5.41, 5.74) is 10.7. The molecule has 2 heterocycles. The molecule has 3 aliphatic rings. The van der Waals surface area contributed by atoms with E-state index in [1.807, 2.05) is 36.4 Å². The van der Waals surface area contributed by atoms with Crippen LogP contribution in [0.15, 0.2) is 143 Å². The maximum absolute atomic E-state index is 11.7. The van der Waals surface area contributed by atoms with Crippen molar-refractivity contribution in [3.05, 3.63) is 160 Å². The van der Waals surface area contributed by atoms with Crippen LogP contribution in [0.2, 0.25) is 0 Å². The molecule has 74 heavy (non-hydrogen) atoms. The van der Waals surface area contributed by atoms with Crippen LogP contribution >= 0.6 is 0 Å². The molecule has 5 aromatic carbocycles. The van der Waals surface area contributed by atoms with Gasteiger partial charge in [0.25, 0.3) is 10.1 Å². The van der Waals surface area contributed by atoms with Gasteiger partial charge in [-0.05, 0) is 145 Å². The number of allylic oxidation sites excluding steroid dienone is 8. The maximum atomic E-state index is 11.7. The van der Waals surface area contributed by atoms with Gasteiger partial charge in [-0.25, -0.2) is 8.42 Å². The first-order valence-corrected chi connectivity index (χ1v) is 28.7. The Morgan fingerprint density at radius 1 is 0.730 bits per heavy atom. The van der Waals surface area contributed by atoms with Crippen molar-refractivity contribution in [2.24, 2.45) is 4.99 Å². The van der Waals surface area contributed by atoms with Crippen molar-refractivity contribution in [3.8, 4) is 0 Å². The van der Waals surface area contributed by atoms with E-state index >= 15 is 0 Å². The smallest absolute Gasteiger partial charge is 0.748 e. The zero-order valence-electron chi connectivity index (χ0n) is 43.3. The second kappa shape index (κ2) is 23.8. The molecule has 0 amide bonds. The average molecular weight is 1050 g/mol. The van der Waals surface area contributed by atoms with Gasteiger partial charge in [0.05, 0.1) is 21.3 Å². The van der Waals surface area contributed by atoms with Gasteiger partial charge in [0, 0.05) is 71.8 Å². The van der Waals surface area contributed by atoms with Crippen molar-refractivity contribution in [2.45, 2.75) is 109 Å². The van der Waals surface area contributed by atoms with Gasteiger partial charge >= 0.3 is 35.5 Å². The molecule has 0 saturated heterocycles. The number of carbonyl (C=O) groups is 1. The van der Waals surface area contributed by atoms with Crippen molar-refractivity contribution in [1.82, 2.24) is 0 Å². The van der Waals surface area contributed by atoms with Crippen LogP contribution in [0.5, 0.6) is 0 Å². The molecule has 3 N–H and O–H groups in total. The van der Waals surface area contributed by atoms with E-state index in [9.17, 15) is 35.8 Å². The molecule has 8 rings (SSSR count). The SMILES string of the molecule is CC1(C)C(=CC=C2CCCC(C=CC3=[N+](CCCCS(=O)(=O)O)c4ccc5ccccc5c4C3(C)C)=C2c2ccc(C(O)=NCCCCCC(=O)O)cc2)N(CCCCS(=O)(=O)[O-])c2ccc3ccccc3c21.[Na+]. The molecule has 15 heteroatoms. The molecule has 5 aromatic rings. The average Bonchev–Trinajstić information content (AvgIpc) is 3.71. The van der Waals surface area contributed by atoms with Crippen molar-refractivity contribution >= 4 is 76.3 Å². The van der Waals surface area contributed by atoms with E-state index < -0.39 is 42.8 Å². The van der Waals surface area contributed by atoms with Gasteiger partial charge < -0.3 is 19.7 Å². The van der Waals surface area contributed by atoms with Crippen molar-refractivity contribution in [2.75, 3.05) is 36.0 Å². The van der Waals surface area contributed by atoms with Crippen LogP contribution in [0, 0.1) is 0 Å². The molecule has 0 bridgehead atoms. The van der Waals surface area contributed by atoms with Gasteiger partial charge in [-0.3, -0.25) is 14.3 Å². The number of carboxylic acids is 1. The van der Waals surface area contributed by atoms with E-state index in [2.05, 4.69) is 127 Å². The predicted octanol–water partition coefficient (Wildman–Crippen LogP) is 9.12. The molecule has 12 nitrogen and oxygen atoms in total. The van der Waals surface area contributed by atoms with E-state index in [1.54, 1.807) is 0 Å². The standard InChI is InChI=1S/C59H67N3O9S2.Na/c1-58(2)51(61(37-12-14-39-72(66,67)68)49-32-28-41-17-7-9-21-47(41)55(49)58)34-30-43-19-16-20-44(54(43)45-24-26-46(27-25-45)57(65)60-36-11-5-6-23-53(63)64)31-35-52-59(3,4)56-48-22-10-8-18-42(48)29-33-50(56)62(52)38-13-15-40-73(69,70)71;/h7-10,17-18,21-22,24-35H,5-6,11-16,19-20,23,36-40H2,1-4H3,(H3-,60,63,64,65,66,67,68,69,70,71);/q;+1. The number of hydrogen-bond acceptors (Lipinski definition) is 8. The molecular weight excluding hydrogens is 982 g/mol. The summed E-state index contributed by atoms with van der Waals surface area (Å²) in [6.07, 6.45) is 15.1. The third-order valence-corrected chi connectivity index (χ3v) is 16.3. The first kappa shape index (κ1) is 56.5. The number of fused-ring (bicyclic) bond motifs is 6. The quantitative estimate of drug-likeness (QED) is 0.0160. The Balaban J connectivity index is 0.00000800. The van der Waals surface area contributed by atoms with Crippen molar-refractivity contribution < 1.29 is 75.1 Å². The molecule has 1 aliphatic carbocycles. The van der Waals surface area contributed by atoms with Crippen LogP contribution in [-0.2, 0) is 35.9 Å². The fraction of sp³-hybridized carbons (Fsp3) is 0.373. The monoisotopic (exact) mass is 1050 g/mol. The van der Waals surface area contributed by atoms with Crippen LogP contribution < -0.4 is 34.5 Å². The van der Waals surface area contributed by atoms with Crippen LogP contribution in [0.3, 0.4) is 0 Å². The van der Waals surface area contributed by atoms with Crippen molar-refractivity contribution in [3.63, 3.8) is 0 Å². The summed E-state index contributed by atoms with van der Waals surface area (Å²) in [5, 5.41) is 24.6. The maximum Gasteiger partial charge on any atom is 1.00 e. The summed E-state index contributed by atoms with van der Waals surface area (Å²) in [6, 6.07) is 33.1. The number of hydrogen-bond donors (Lipinski definition) is 3. The predicted molar refractivity (Wildman–Crippen MR) is 293 cm³/mol. The summed E-state index contributed by atoms with van der Waals surface area (Å²) < 4.78 is 70.2. The molecule has 2 aliphatic heterocycles. The first-order chi connectivity index (χ1) is 34.7. The molecule has 0 spiro atoms. The molecule has 0 unspecified atom stereocenters. The van der Waals surface area contributed by atoms with Crippen LogP contribution in [0.25, 0.3) is 27.1 Å². The molecule has 0 saturated carbocycles. The van der Waals surface area contributed by atoms with Crippen LogP contribution in [0.4, 0.5) is 11.4 Å². The molecule has 0 atom stereocenters. The van der Waals surface area contributed by atoms with E-state index in [4.69, 9.17) is 5.11 Å². The van der Waals surface area contributed by atoms with Crippen molar-refractivity contribution in [1.29, 1.82) is 0 Å². The molecule has 0 radical (unpaired) electrons. The zero-order chi connectivity index (χ0) is 52.1. The molecule has 0 fully saturated rings. The fourth-order valence-electron chi connectivity index (χ4n) is 11.3. The zero-order valence-corrected chi connectivity index (χ0v) is 46.9. The van der Waals surface area contributed by atoms with Gasteiger partial charge in [-0.1, -0.05) is 99.2 Å². The minimum atomic E-state index is -4.35. The number of aliphatic hydroxyl groups is 1. The van der Waals surface area contributed by atoms with Gasteiger partial charge in [-0.15, -0.1) is 0 Å². The Morgan fingerprint density at radius 3 is 2.07 bits per heavy atom. The summed E-state index contributed by atoms with van der Waals surface area (Å²) >= 11 is 0. The number of rotatable bonds is 21. The number of aliphatic hydroxyl groups excluding tert-OH is 1. The van der Waals surface area contributed by atoms with Gasteiger partial charge in [0.1, 0.15) is 6.54 Å². The second-order valence-corrected chi connectivity index (χ2v) is 23.7. The Kier molecular flexibility index (Phi) is 18.2. The number of aliphatic carboxylic acids is 1. The van der Waals surface area contributed by atoms with E-state index in [1.165, 1.54) is 11.1 Å². The number of aliphatic imine (C=N–C) groups is 1. The number of benzene rings is 5. The number of carboxylic acid groups (broad SMARTS) is 1. The Hall–Kier alpha value is -5.19. The summed E-state index contributed by atoms with van der Waals surface area (Å²) in [6.45, 7) is 10.4. The molecule has 0 aromatic heterocycles. The largest absolute Gasteiger partial charge is 1.00 e. The van der Waals surface area contributed by atoms with E-state index in [-0.39, 0.29) is 54.0 Å². The first-order valence-electron chi connectivity index (χ1n) is 25.5. The Morgan fingerprint density at radius 2 is 1.39 bits per heavy atom. The number of unbranched alkanes of at least 4 members (excludes halogenated alkanes) is 4. The van der Waals surface area contributed by atoms with Gasteiger partial charge in [0.15, 0.2) is 5.71 Å². The topological polar surface area (TPSA) is 188 Å². The Labute approximate surface area is 458 Å². The van der Waals surface area contributed by atoms with Crippen LogP contribution in [-0.4, -0.2) is 89.4 Å². The normalized spacial score (nSPS) is 17.8. The van der Waals surface area contributed by atoms with E-state index in [0.717, 1.165) is 85.9 Å². The number of anilines is 1. The van der Waals surface area contributed by atoms with Gasteiger partial charge in [-0.2, -0.15) is 13.0 Å². The third kappa shape index (κ3) is 12.9. The van der Waals surface area contributed by atoms with E-state index in [0.29, 0.717) is 63.7 Å². The second-order valence-electron chi connectivity index (χ2n) is 20.6. The third-order valence-electron chi connectivity index (χ3n) is 14.7.